The minimum Gasteiger partial charge on any atom is -0.505 e. The summed E-state index contributed by atoms with van der Waals surface area (Å²) in [4.78, 5) is 26.5. The number of aromatic nitrogens is 1. The Morgan fingerprint density at radius 2 is 1.77 bits per heavy atom. The lowest BCUT2D eigenvalue weighted by Gasteiger charge is -2.23. The van der Waals surface area contributed by atoms with Crippen LogP contribution in [0.4, 0.5) is 4.39 Å². The molecule has 220 valence electrons. The number of piperidine rings is 1. The molecule has 40 heavy (non-hydrogen) atoms. The Kier molecular flexibility index (Phi) is 16.8. The number of pyridine rings is 1. The van der Waals surface area contributed by atoms with Crippen molar-refractivity contribution in [2.45, 2.75) is 60.0 Å². The summed E-state index contributed by atoms with van der Waals surface area (Å²) in [6.45, 7) is 12.7. The molecule has 1 aliphatic rings. The molecular weight excluding hydrogens is 513 g/mol. The topological polar surface area (TPSA) is 110 Å². The number of hydrogen-bond acceptors (Lipinski definition) is 7. The van der Waals surface area contributed by atoms with Gasteiger partial charge in [-0.2, -0.15) is 0 Å². The summed E-state index contributed by atoms with van der Waals surface area (Å²) >= 11 is 0. The summed E-state index contributed by atoms with van der Waals surface area (Å²) < 4.78 is 23.3. The van der Waals surface area contributed by atoms with E-state index >= 15 is 0 Å². The Labute approximate surface area is 237 Å². The second-order valence-electron chi connectivity index (χ2n) is 8.55. The van der Waals surface area contributed by atoms with Crippen LogP contribution in [-0.2, 0) is 20.7 Å². The van der Waals surface area contributed by atoms with Crippen molar-refractivity contribution in [1.29, 1.82) is 0 Å². The maximum Gasteiger partial charge on any atom is 0.342 e. The lowest BCUT2D eigenvalue weighted by molar-refractivity contribution is -0.109. The number of ether oxygens (including phenoxy) is 2. The fourth-order valence-corrected chi connectivity index (χ4v) is 3.93. The van der Waals surface area contributed by atoms with Gasteiger partial charge in [-0.1, -0.05) is 39.8 Å². The summed E-state index contributed by atoms with van der Waals surface area (Å²) in [6.07, 6.45) is 4.33. The Hall–Kier alpha value is -3.56. The number of halogens is 1. The predicted molar refractivity (Wildman–Crippen MR) is 157 cm³/mol. The number of nitrogens with one attached hydrogen (secondary N) is 2. The highest BCUT2D eigenvalue weighted by atomic mass is 19.1. The van der Waals surface area contributed by atoms with Gasteiger partial charge < -0.3 is 25.2 Å². The number of carbonyl (C=O) groups excluding carboxylic acids is 2. The molecule has 4 rings (SSSR count). The average molecular weight is 558 g/mol. The molecule has 1 fully saturated rings. The number of carbonyl (C=O) groups is 2. The van der Waals surface area contributed by atoms with Crippen LogP contribution >= 0.6 is 0 Å². The molecule has 0 radical (unpaired) electrons. The Morgan fingerprint density at radius 3 is 2.38 bits per heavy atom. The second kappa shape index (κ2) is 19.5. The first-order chi connectivity index (χ1) is 19.4. The van der Waals surface area contributed by atoms with Crippen LogP contribution in [0, 0.1) is 12.7 Å². The lowest BCUT2D eigenvalue weighted by atomic mass is 10.00. The van der Waals surface area contributed by atoms with E-state index in [0.717, 1.165) is 48.0 Å². The smallest absolute Gasteiger partial charge is 0.342 e. The predicted octanol–water partition coefficient (Wildman–Crippen LogP) is 5.32. The third-order valence-electron chi connectivity index (χ3n) is 5.84. The molecule has 1 aromatic heterocycles. The minimum absolute atomic E-state index is 0.134. The molecule has 2 aromatic carbocycles. The maximum absolute atomic E-state index is 13.1. The number of amides is 1. The van der Waals surface area contributed by atoms with E-state index < -0.39 is 5.97 Å². The molecule has 0 spiro atoms. The Balaban J connectivity index is 0.000000629. The number of methoxy groups -OCH3 is 1. The molecule has 8 nitrogen and oxygen atoms in total. The second-order valence-corrected chi connectivity index (χ2v) is 8.55. The van der Waals surface area contributed by atoms with Gasteiger partial charge in [-0.05, 0) is 80.2 Å². The van der Waals surface area contributed by atoms with Crippen LogP contribution in [0.15, 0.2) is 42.6 Å². The van der Waals surface area contributed by atoms with E-state index in [1.54, 1.807) is 31.5 Å². The number of esters is 1. The van der Waals surface area contributed by atoms with Crippen molar-refractivity contribution in [2.24, 2.45) is 0 Å². The first kappa shape index (κ1) is 34.5. The van der Waals surface area contributed by atoms with Crippen LogP contribution < -0.4 is 10.6 Å². The van der Waals surface area contributed by atoms with Crippen LogP contribution in [-0.4, -0.2) is 61.9 Å². The normalized spacial score (nSPS) is 12.5. The first-order valence-electron chi connectivity index (χ1n) is 13.9. The summed E-state index contributed by atoms with van der Waals surface area (Å²) in [5.41, 5.74) is 3.27. The summed E-state index contributed by atoms with van der Waals surface area (Å²) in [5, 5.41) is 17.1. The van der Waals surface area contributed by atoms with Gasteiger partial charge in [0.15, 0.2) is 5.75 Å². The highest BCUT2D eigenvalue weighted by Crippen LogP contribution is 2.32. The number of hydrogen-bond donors (Lipinski definition) is 3. The van der Waals surface area contributed by atoms with E-state index in [0.29, 0.717) is 31.5 Å². The highest BCUT2D eigenvalue weighted by molar-refractivity contribution is 6.01. The van der Waals surface area contributed by atoms with Crippen molar-refractivity contribution in [2.75, 3.05) is 33.4 Å². The van der Waals surface area contributed by atoms with E-state index in [1.807, 2.05) is 40.7 Å². The molecule has 3 N–H and O–H groups in total. The van der Waals surface area contributed by atoms with Crippen LogP contribution in [0.5, 0.6) is 5.75 Å². The highest BCUT2D eigenvalue weighted by Gasteiger charge is 2.23. The van der Waals surface area contributed by atoms with E-state index in [2.05, 4.69) is 20.4 Å². The standard InChI is InChI=1S/C23H23FN2O3.C4H9NO2.2C2H6/c1-14-10-20(23(28)29-18-6-8-25-9-7-18)22(27)21-19(14)12-16(13-26-21)11-15-2-4-17(24)5-3-15;1-7-3-2-5-4-6;2*1-2/h2-5,10,12-13,18,25,27H,6-9,11H2,1H3;4H,2-3H2,1H3,(H,5,6);2*1-2H3. The molecule has 0 atom stereocenters. The molecule has 3 aromatic rings. The van der Waals surface area contributed by atoms with Gasteiger partial charge >= 0.3 is 5.97 Å². The largest absolute Gasteiger partial charge is 0.505 e. The number of aromatic hydroxyl groups is 1. The number of aryl methyl sites for hydroxylation is 1. The van der Waals surface area contributed by atoms with Gasteiger partial charge in [0.2, 0.25) is 6.41 Å². The van der Waals surface area contributed by atoms with Gasteiger partial charge in [-0.25, -0.2) is 9.18 Å². The van der Waals surface area contributed by atoms with E-state index in [1.165, 1.54) is 12.1 Å². The monoisotopic (exact) mass is 557 g/mol. The van der Waals surface area contributed by atoms with Crippen molar-refractivity contribution in [3.63, 3.8) is 0 Å². The number of phenolic OH excluding ortho intramolecular Hbond substituents is 1. The zero-order valence-electron chi connectivity index (χ0n) is 24.6. The first-order valence-corrected chi connectivity index (χ1v) is 13.9. The molecular formula is C31H44FN3O5. The number of rotatable bonds is 8. The summed E-state index contributed by atoms with van der Waals surface area (Å²) in [6, 6.07) is 9.95. The molecule has 0 unspecified atom stereocenters. The van der Waals surface area contributed by atoms with Crippen molar-refractivity contribution in [3.8, 4) is 5.75 Å². The zero-order valence-corrected chi connectivity index (χ0v) is 24.6. The van der Waals surface area contributed by atoms with Gasteiger partial charge in [0.25, 0.3) is 0 Å². The fourth-order valence-electron chi connectivity index (χ4n) is 3.93. The molecule has 0 saturated carbocycles. The van der Waals surface area contributed by atoms with E-state index in [9.17, 15) is 19.1 Å². The fraction of sp³-hybridized carbons (Fsp3) is 0.452. The van der Waals surface area contributed by atoms with Gasteiger partial charge in [0.1, 0.15) is 23.0 Å². The van der Waals surface area contributed by atoms with Gasteiger partial charge in [-0.3, -0.25) is 9.78 Å². The summed E-state index contributed by atoms with van der Waals surface area (Å²) in [7, 11) is 1.59. The van der Waals surface area contributed by atoms with Crippen LogP contribution in [0.2, 0.25) is 0 Å². The molecule has 0 aliphatic carbocycles. The Bertz CT molecular complexity index is 1170. The zero-order chi connectivity index (χ0) is 29.9. The molecule has 1 saturated heterocycles. The third kappa shape index (κ3) is 10.9. The maximum atomic E-state index is 13.1. The van der Waals surface area contributed by atoms with Crippen molar-refractivity contribution >= 4 is 23.3 Å². The van der Waals surface area contributed by atoms with Gasteiger partial charge in [0.05, 0.1) is 6.61 Å². The van der Waals surface area contributed by atoms with Gasteiger partial charge in [-0.15, -0.1) is 0 Å². The SMILES string of the molecule is CC.CC.COCCNC=O.Cc1cc(C(=O)OC2CCNCC2)c(O)c2ncc(Cc3ccc(F)cc3)cc12. The number of benzene rings is 2. The molecule has 9 heteroatoms. The van der Waals surface area contributed by atoms with Crippen LogP contribution in [0.1, 0.15) is 67.6 Å². The average Bonchev–Trinajstić information content (AvgIpc) is 2.99. The molecule has 0 bridgehead atoms. The van der Waals surface area contributed by atoms with Crippen molar-refractivity contribution in [3.05, 3.63) is 70.7 Å². The molecule has 2 heterocycles. The van der Waals surface area contributed by atoms with Crippen molar-refractivity contribution in [1.82, 2.24) is 15.6 Å². The number of phenols is 1. The third-order valence-corrected chi connectivity index (χ3v) is 5.84. The quantitative estimate of drug-likeness (QED) is 0.195. The lowest BCUT2D eigenvalue weighted by Crippen LogP contribution is -2.33. The minimum atomic E-state index is -0.517. The summed E-state index contributed by atoms with van der Waals surface area (Å²) in [5.74, 6) is -0.940. The van der Waals surface area contributed by atoms with E-state index in [-0.39, 0.29) is 23.2 Å². The van der Waals surface area contributed by atoms with Crippen LogP contribution in [0.3, 0.4) is 0 Å². The van der Waals surface area contributed by atoms with Crippen LogP contribution in [0.25, 0.3) is 10.9 Å². The van der Waals surface area contributed by atoms with Gasteiger partial charge in [0, 0.05) is 25.2 Å². The van der Waals surface area contributed by atoms with E-state index in [4.69, 9.17) is 4.74 Å². The molecule has 1 amide bonds. The number of nitrogens with zero attached hydrogens (tertiary/aromatic N) is 1. The molecule has 1 aliphatic heterocycles. The Morgan fingerprint density at radius 1 is 1.12 bits per heavy atom. The number of fused-ring (bicyclic) bond motifs is 1. The van der Waals surface area contributed by atoms with Crippen molar-refractivity contribution < 1.29 is 28.6 Å².